The fourth-order valence-corrected chi connectivity index (χ4v) is 1.37. The molecule has 0 atom stereocenters. The predicted octanol–water partition coefficient (Wildman–Crippen LogP) is 1.39. The Morgan fingerprint density at radius 1 is 1.39 bits per heavy atom. The SMILES string of the molecule is CCNCCc1nnc(-c2ccc([N+](=O)[O-])o2)o1. The molecule has 8 nitrogen and oxygen atoms in total. The van der Waals surface area contributed by atoms with E-state index in [2.05, 4.69) is 15.5 Å². The highest BCUT2D eigenvalue weighted by Crippen LogP contribution is 2.24. The predicted molar refractivity (Wildman–Crippen MR) is 60.9 cm³/mol. The zero-order valence-corrected chi connectivity index (χ0v) is 9.75. The number of hydrogen-bond donors (Lipinski definition) is 1. The van der Waals surface area contributed by atoms with Crippen LogP contribution in [0.15, 0.2) is 21.0 Å². The van der Waals surface area contributed by atoms with Crippen molar-refractivity contribution in [3.05, 3.63) is 28.1 Å². The molecule has 0 radical (unpaired) electrons. The topological polar surface area (TPSA) is 107 Å². The number of nitrogens with zero attached hydrogens (tertiary/aromatic N) is 3. The number of likely N-dealkylation sites (N-methyl/N-ethyl adjacent to an activating group) is 1. The molecular weight excluding hydrogens is 240 g/mol. The largest absolute Gasteiger partial charge is 0.433 e. The summed E-state index contributed by atoms with van der Waals surface area (Å²) in [6.45, 7) is 3.60. The maximum absolute atomic E-state index is 10.5. The van der Waals surface area contributed by atoms with Crippen LogP contribution in [0.4, 0.5) is 5.88 Å². The Kier molecular flexibility index (Phi) is 3.68. The minimum atomic E-state index is -0.619. The third-order valence-electron chi connectivity index (χ3n) is 2.22. The first kappa shape index (κ1) is 12.2. The molecule has 2 rings (SSSR count). The van der Waals surface area contributed by atoms with Gasteiger partial charge in [-0.25, -0.2) is 0 Å². The van der Waals surface area contributed by atoms with E-state index >= 15 is 0 Å². The van der Waals surface area contributed by atoms with Crippen LogP contribution in [0.25, 0.3) is 11.7 Å². The summed E-state index contributed by atoms with van der Waals surface area (Å²) >= 11 is 0. The van der Waals surface area contributed by atoms with Crippen LogP contribution in [-0.4, -0.2) is 28.2 Å². The van der Waals surface area contributed by atoms with Gasteiger partial charge in [-0.3, -0.25) is 10.1 Å². The molecule has 2 aromatic heterocycles. The summed E-state index contributed by atoms with van der Waals surface area (Å²) in [4.78, 5) is 9.84. The van der Waals surface area contributed by atoms with Crippen molar-refractivity contribution in [1.82, 2.24) is 15.5 Å². The van der Waals surface area contributed by atoms with Gasteiger partial charge in [0.15, 0.2) is 5.76 Å². The van der Waals surface area contributed by atoms with Gasteiger partial charge in [0.25, 0.3) is 5.89 Å². The molecule has 0 aliphatic rings. The van der Waals surface area contributed by atoms with Crippen molar-refractivity contribution in [2.45, 2.75) is 13.3 Å². The first-order valence-electron chi connectivity index (χ1n) is 5.48. The van der Waals surface area contributed by atoms with E-state index in [0.29, 0.717) is 12.3 Å². The normalized spacial score (nSPS) is 10.7. The van der Waals surface area contributed by atoms with Crippen LogP contribution < -0.4 is 5.32 Å². The monoisotopic (exact) mass is 252 g/mol. The maximum Gasteiger partial charge on any atom is 0.433 e. The Morgan fingerprint density at radius 2 is 2.22 bits per heavy atom. The highest BCUT2D eigenvalue weighted by atomic mass is 16.6. The number of furan rings is 1. The molecule has 0 aliphatic carbocycles. The van der Waals surface area contributed by atoms with Crippen LogP contribution in [-0.2, 0) is 6.42 Å². The summed E-state index contributed by atoms with van der Waals surface area (Å²) in [7, 11) is 0. The Bertz CT molecular complexity index is 533. The van der Waals surface area contributed by atoms with Crippen molar-refractivity contribution in [2.75, 3.05) is 13.1 Å². The zero-order valence-electron chi connectivity index (χ0n) is 9.75. The Hall–Kier alpha value is -2.22. The van der Waals surface area contributed by atoms with Gasteiger partial charge in [-0.15, -0.1) is 10.2 Å². The summed E-state index contributed by atoms with van der Waals surface area (Å²) in [6, 6.07) is 2.68. The van der Waals surface area contributed by atoms with Crippen LogP contribution in [0.5, 0.6) is 0 Å². The molecule has 0 amide bonds. The van der Waals surface area contributed by atoms with Gasteiger partial charge in [-0.1, -0.05) is 6.92 Å². The fourth-order valence-electron chi connectivity index (χ4n) is 1.37. The zero-order chi connectivity index (χ0) is 13.0. The third kappa shape index (κ3) is 2.72. The number of rotatable bonds is 6. The number of aromatic nitrogens is 2. The van der Waals surface area contributed by atoms with E-state index in [1.807, 2.05) is 6.92 Å². The summed E-state index contributed by atoms with van der Waals surface area (Å²) in [6.07, 6.45) is 0.601. The lowest BCUT2D eigenvalue weighted by molar-refractivity contribution is -0.401. The molecule has 8 heteroatoms. The van der Waals surface area contributed by atoms with Crippen molar-refractivity contribution in [2.24, 2.45) is 0 Å². The molecule has 2 heterocycles. The molecule has 0 saturated heterocycles. The molecule has 1 N–H and O–H groups in total. The van der Waals surface area contributed by atoms with Crippen LogP contribution in [0.3, 0.4) is 0 Å². The highest BCUT2D eigenvalue weighted by Gasteiger charge is 2.17. The Morgan fingerprint density at radius 3 is 2.89 bits per heavy atom. The van der Waals surface area contributed by atoms with Gasteiger partial charge in [-0.2, -0.15) is 0 Å². The van der Waals surface area contributed by atoms with Crippen molar-refractivity contribution in [3.63, 3.8) is 0 Å². The fraction of sp³-hybridized carbons (Fsp3) is 0.400. The Balaban J connectivity index is 2.06. The molecule has 0 spiro atoms. The Labute approximate surface area is 102 Å². The van der Waals surface area contributed by atoms with E-state index in [1.54, 1.807) is 0 Å². The first-order chi connectivity index (χ1) is 8.70. The van der Waals surface area contributed by atoms with Gasteiger partial charge in [0, 0.05) is 13.0 Å². The molecular formula is C10H12N4O4. The van der Waals surface area contributed by atoms with Gasteiger partial charge in [-0.05, 0) is 12.6 Å². The summed E-state index contributed by atoms with van der Waals surface area (Å²) in [5, 5.41) is 21.2. The lowest BCUT2D eigenvalue weighted by Gasteiger charge is -1.95. The first-order valence-corrected chi connectivity index (χ1v) is 5.48. The van der Waals surface area contributed by atoms with Crippen molar-refractivity contribution >= 4 is 5.88 Å². The lowest BCUT2D eigenvalue weighted by Crippen LogP contribution is -2.16. The van der Waals surface area contributed by atoms with Gasteiger partial charge in [0.05, 0.1) is 6.07 Å². The van der Waals surface area contributed by atoms with Crippen molar-refractivity contribution in [1.29, 1.82) is 0 Å². The second-order valence-electron chi connectivity index (χ2n) is 3.50. The molecule has 0 aromatic carbocycles. The van der Waals surface area contributed by atoms with Gasteiger partial charge < -0.3 is 14.2 Å². The maximum atomic E-state index is 10.5. The molecule has 0 unspecified atom stereocenters. The molecule has 18 heavy (non-hydrogen) atoms. The van der Waals surface area contributed by atoms with Crippen molar-refractivity contribution < 1.29 is 13.8 Å². The van der Waals surface area contributed by atoms with Gasteiger partial charge in [0.2, 0.25) is 5.89 Å². The minimum absolute atomic E-state index is 0.148. The summed E-state index contributed by atoms with van der Waals surface area (Å²) < 4.78 is 10.3. The molecule has 0 fully saturated rings. The van der Waals surface area contributed by atoms with Crippen LogP contribution in [0.1, 0.15) is 12.8 Å². The number of nitrogens with one attached hydrogen (secondary N) is 1. The lowest BCUT2D eigenvalue weighted by atomic mass is 10.4. The van der Waals surface area contributed by atoms with Crippen LogP contribution in [0.2, 0.25) is 0 Å². The van der Waals surface area contributed by atoms with E-state index < -0.39 is 4.92 Å². The molecule has 2 aromatic rings. The van der Waals surface area contributed by atoms with E-state index in [4.69, 9.17) is 8.83 Å². The van der Waals surface area contributed by atoms with E-state index in [9.17, 15) is 10.1 Å². The average Bonchev–Trinajstić information content (AvgIpc) is 2.97. The second-order valence-corrected chi connectivity index (χ2v) is 3.50. The highest BCUT2D eigenvalue weighted by molar-refractivity contribution is 5.45. The summed E-state index contributed by atoms with van der Waals surface area (Å²) in [5.74, 6) is 0.459. The number of hydrogen-bond acceptors (Lipinski definition) is 7. The molecule has 0 aliphatic heterocycles. The average molecular weight is 252 g/mol. The minimum Gasteiger partial charge on any atom is -0.418 e. The summed E-state index contributed by atoms with van der Waals surface area (Å²) in [5.41, 5.74) is 0. The van der Waals surface area contributed by atoms with Gasteiger partial charge in [0.1, 0.15) is 4.92 Å². The standard InChI is InChI=1S/C10H12N4O4/c1-2-11-6-5-8-12-13-10(18-8)7-3-4-9(17-7)14(15)16/h3-4,11H,2,5-6H2,1H3. The van der Waals surface area contributed by atoms with E-state index in [-0.39, 0.29) is 17.5 Å². The van der Waals surface area contributed by atoms with Crippen molar-refractivity contribution in [3.8, 4) is 11.7 Å². The van der Waals surface area contributed by atoms with E-state index in [1.165, 1.54) is 12.1 Å². The second kappa shape index (κ2) is 5.41. The molecule has 0 saturated carbocycles. The van der Waals surface area contributed by atoms with E-state index in [0.717, 1.165) is 13.1 Å². The number of nitro groups is 1. The van der Waals surface area contributed by atoms with Gasteiger partial charge >= 0.3 is 5.88 Å². The third-order valence-corrected chi connectivity index (χ3v) is 2.22. The molecule has 96 valence electrons. The van der Waals surface area contributed by atoms with Crippen LogP contribution >= 0.6 is 0 Å². The smallest absolute Gasteiger partial charge is 0.418 e. The molecule has 0 bridgehead atoms. The van der Waals surface area contributed by atoms with Crippen LogP contribution in [0, 0.1) is 10.1 Å². The quantitative estimate of drug-likeness (QED) is 0.470.